The fourth-order valence-corrected chi connectivity index (χ4v) is 5.07. The Morgan fingerprint density at radius 3 is 2.77 bits per heavy atom. The predicted molar refractivity (Wildman–Crippen MR) is 132 cm³/mol. The van der Waals surface area contributed by atoms with E-state index in [4.69, 9.17) is 0 Å². The molecule has 1 aromatic carbocycles. The molecule has 4 amide bonds. The van der Waals surface area contributed by atoms with Crippen LogP contribution in [0, 0.1) is 13.8 Å². The summed E-state index contributed by atoms with van der Waals surface area (Å²) in [5.74, 6) is 1.07. The Bertz CT molecular complexity index is 1310. The van der Waals surface area contributed by atoms with Crippen LogP contribution in [-0.4, -0.2) is 57.3 Å². The van der Waals surface area contributed by atoms with Gasteiger partial charge in [-0.3, -0.25) is 19.8 Å². The third kappa shape index (κ3) is 4.99. The van der Waals surface area contributed by atoms with E-state index in [0.29, 0.717) is 36.0 Å². The van der Waals surface area contributed by atoms with Crippen LogP contribution in [0.3, 0.4) is 0 Å². The summed E-state index contributed by atoms with van der Waals surface area (Å²) in [6.07, 6.45) is 1.03. The smallest absolute Gasteiger partial charge is 0.328 e. The monoisotopic (exact) mass is 491 g/mol. The van der Waals surface area contributed by atoms with Gasteiger partial charge in [-0.1, -0.05) is 6.07 Å². The molecule has 5 rings (SSSR count). The van der Waals surface area contributed by atoms with E-state index in [-0.39, 0.29) is 30.7 Å². The second-order valence-electron chi connectivity index (χ2n) is 8.69. The van der Waals surface area contributed by atoms with Crippen LogP contribution < -0.4 is 15.5 Å². The molecule has 0 bridgehead atoms. The maximum Gasteiger partial charge on any atom is 0.328 e. The van der Waals surface area contributed by atoms with Gasteiger partial charge in [0.05, 0.1) is 11.4 Å². The molecule has 0 radical (unpaired) electrons. The normalized spacial score (nSPS) is 18.1. The van der Waals surface area contributed by atoms with Crippen molar-refractivity contribution in [2.45, 2.75) is 32.6 Å². The third-order valence-corrected chi connectivity index (χ3v) is 6.94. The average molecular weight is 492 g/mol. The summed E-state index contributed by atoms with van der Waals surface area (Å²) in [6, 6.07) is 8.44. The molecule has 2 saturated heterocycles. The number of hydrogen-bond acceptors (Lipinski definition) is 8. The number of nitrogens with zero attached hydrogens (tertiary/aromatic N) is 5. The third-order valence-electron chi connectivity index (χ3n) is 6.06. The van der Waals surface area contributed by atoms with Gasteiger partial charge in [-0.05, 0) is 38.5 Å². The molecule has 0 saturated carbocycles. The minimum atomic E-state index is -0.469. The summed E-state index contributed by atoms with van der Waals surface area (Å²) >= 11 is 1.52. The number of carbonyl (C=O) groups is 3. The molecule has 2 fully saturated rings. The highest BCUT2D eigenvalue weighted by Crippen LogP contribution is 2.30. The first-order valence-electron chi connectivity index (χ1n) is 11.4. The number of nitrogens with one attached hydrogen (secondary N) is 2. The summed E-state index contributed by atoms with van der Waals surface area (Å²) in [7, 11) is 0. The fraction of sp³-hybridized carbons (Fsp3) is 0.333. The number of carbonyl (C=O) groups excluding carboxylic acids is 3. The number of anilines is 3. The highest BCUT2D eigenvalue weighted by molar-refractivity contribution is 7.13. The number of imide groups is 1. The number of hydrogen-bond donors (Lipinski definition) is 2. The SMILES string of the molecule is Cc1csc(Nc2cc(C3CCN(C(=O)c4cccc(N5CCC(=O)NC5=O)c4)C3)nc(C)n2)n1. The number of benzene rings is 1. The number of amides is 4. The second kappa shape index (κ2) is 9.41. The van der Waals surface area contributed by atoms with Crippen LogP contribution in [0.5, 0.6) is 0 Å². The van der Waals surface area contributed by atoms with E-state index in [2.05, 4.69) is 25.6 Å². The van der Waals surface area contributed by atoms with Crippen LogP contribution >= 0.6 is 11.3 Å². The molecule has 35 heavy (non-hydrogen) atoms. The van der Waals surface area contributed by atoms with Crippen molar-refractivity contribution in [2.24, 2.45) is 0 Å². The number of thiazole rings is 1. The van der Waals surface area contributed by atoms with Crippen molar-refractivity contribution in [3.05, 3.63) is 58.5 Å². The van der Waals surface area contributed by atoms with Gasteiger partial charge in [-0.15, -0.1) is 11.3 Å². The Kier molecular flexibility index (Phi) is 6.16. The van der Waals surface area contributed by atoms with Crippen molar-refractivity contribution in [1.82, 2.24) is 25.2 Å². The summed E-state index contributed by atoms with van der Waals surface area (Å²) in [5, 5.41) is 8.32. The van der Waals surface area contributed by atoms with E-state index in [0.717, 1.165) is 22.9 Å². The largest absolute Gasteiger partial charge is 0.338 e. The molecule has 3 aromatic rings. The number of urea groups is 1. The van der Waals surface area contributed by atoms with E-state index >= 15 is 0 Å². The first-order chi connectivity index (χ1) is 16.9. The molecule has 11 heteroatoms. The standard InChI is InChI=1S/C24H25N7O3S/c1-14-13-35-23(25-14)28-20-11-19(26-15(2)27-20)17-6-8-30(12-17)22(33)16-4-3-5-18(10-16)31-9-7-21(32)29-24(31)34/h3-5,10-11,13,17H,6-9,12H2,1-2H3,(H,29,32,34)(H,25,26,27,28). The maximum atomic E-state index is 13.3. The van der Waals surface area contributed by atoms with E-state index in [1.807, 2.05) is 30.2 Å². The maximum absolute atomic E-state index is 13.3. The zero-order chi connectivity index (χ0) is 24.5. The molecular weight excluding hydrogens is 466 g/mol. The van der Waals surface area contributed by atoms with E-state index in [1.165, 1.54) is 16.2 Å². The minimum Gasteiger partial charge on any atom is -0.338 e. The van der Waals surface area contributed by atoms with Gasteiger partial charge in [-0.25, -0.2) is 19.7 Å². The van der Waals surface area contributed by atoms with E-state index in [9.17, 15) is 14.4 Å². The molecule has 0 spiro atoms. The highest BCUT2D eigenvalue weighted by atomic mass is 32.1. The first kappa shape index (κ1) is 22.9. The van der Waals surface area contributed by atoms with Crippen molar-refractivity contribution in [2.75, 3.05) is 29.9 Å². The lowest BCUT2D eigenvalue weighted by atomic mass is 10.0. The lowest BCUT2D eigenvalue weighted by molar-refractivity contribution is -0.120. The Morgan fingerprint density at radius 2 is 2.00 bits per heavy atom. The van der Waals surface area contributed by atoms with Crippen molar-refractivity contribution < 1.29 is 14.4 Å². The summed E-state index contributed by atoms with van der Waals surface area (Å²) < 4.78 is 0. The van der Waals surface area contributed by atoms with Crippen LogP contribution in [0.15, 0.2) is 35.7 Å². The van der Waals surface area contributed by atoms with Gasteiger partial charge in [0.15, 0.2) is 5.13 Å². The minimum absolute atomic E-state index is 0.0924. The van der Waals surface area contributed by atoms with Gasteiger partial charge in [0.1, 0.15) is 11.6 Å². The second-order valence-corrected chi connectivity index (χ2v) is 9.54. The Balaban J connectivity index is 1.29. The van der Waals surface area contributed by atoms with Gasteiger partial charge >= 0.3 is 6.03 Å². The molecule has 2 aliphatic heterocycles. The van der Waals surface area contributed by atoms with Gasteiger partial charge in [0.25, 0.3) is 5.91 Å². The van der Waals surface area contributed by atoms with Gasteiger partial charge < -0.3 is 10.2 Å². The molecule has 1 atom stereocenters. The molecular formula is C24H25N7O3S. The molecule has 4 heterocycles. The predicted octanol–water partition coefficient (Wildman–Crippen LogP) is 3.37. The van der Waals surface area contributed by atoms with Crippen LogP contribution in [0.25, 0.3) is 0 Å². The molecule has 0 aliphatic carbocycles. The fourth-order valence-electron chi connectivity index (χ4n) is 4.37. The van der Waals surface area contributed by atoms with Crippen LogP contribution in [0.2, 0.25) is 0 Å². The van der Waals surface area contributed by atoms with E-state index < -0.39 is 6.03 Å². The lowest BCUT2D eigenvalue weighted by Crippen LogP contribution is -2.49. The lowest BCUT2D eigenvalue weighted by Gasteiger charge is -2.27. The highest BCUT2D eigenvalue weighted by Gasteiger charge is 2.30. The summed E-state index contributed by atoms with van der Waals surface area (Å²) in [5.41, 5.74) is 2.95. The van der Waals surface area contributed by atoms with Gasteiger partial charge in [-0.2, -0.15) is 0 Å². The number of aromatic nitrogens is 3. The molecule has 1 unspecified atom stereocenters. The van der Waals surface area contributed by atoms with Gasteiger partial charge in [0.2, 0.25) is 5.91 Å². The van der Waals surface area contributed by atoms with E-state index in [1.54, 1.807) is 24.3 Å². The van der Waals surface area contributed by atoms with Crippen molar-refractivity contribution >= 4 is 45.8 Å². The Labute approximate surface area is 206 Å². The number of aryl methyl sites for hydroxylation is 2. The van der Waals surface area contributed by atoms with Crippen LogP contribution in [0.4, 0.5) is 21.4 Å². The average Bonchev–Trinajstić information content (AvgIpc) is 3.48. The van der Waals surface area contributed by atoms with Crippen LogP contribution in [-0.2, 0) is 4.79 Å². The first-order valence-corrected chi connectivity index (χ1v) is 12.3. The molecule has 2 aliphatic rings. The molecule has 10 nitrogen and oxygen atoms in total. The number of likely N-dealkylation sites (tertiary alicyclic amines) is 1. The van der Waals surface area contributed by atoms with Crippen molar-refractivity contribution in [3.63, 3.8) is 0 Å². The topological polar surface area (TPSA) is 120 Å². The summed E-state index contributed by atoms with van der Waals surface area (Å²) in [6.45, 7) is 5.26. The van der Waals surface area contributed by atoms with Gasteiger partial charge in [0, 0.05) is 54.7 Å². The van der Waals surface area contributed by atoms with Crippen LogP contribution in [0.1, 0.15) is 46.3 Å². The van der Waals surface area contributed by atoms with Crippen molar-refractivity contribution in [1.29, 1.82) is 0 Å². The van der Waals surface area contributed by atoms with Crippen molar-refractivity contribution in [3.8, 4) is 0 Å². The molecule has 2 aromatic heterocycles. The Morgan fingerprint density at radius 1 is 1.14 bits per heavy atom. The number of rotatable bonds is 5. The Hall–Kier alpha value is -3.86. The zero-order valence-corrected chi connectivity index (χ0v) is 20.3. The molecule has 2 N–H and O–H groups in total. The quantitative estimate of drug-likeness (QED) is 0.561. The molecule has 180 valence electrons. The zero-order valence-electron chi connectivity index (χ0n) is 19.4. The summed E-state index contributed by atoms with van der Waals surface area (Å²) in [4.78, 5) is 53.8.